The lowest BCUT2D eigenvalue weighted by atomic mass is 9.84. The van der Waals surface area contributed by atoms with Gasteiger partial charge in [-0.05, 0) is 57.2 Å². The van der Waals surface area contributed by atoms with Crippen LogP contribution < -0.4 is 10.6 Å². The summed E-state index contributed by atoms with van der Waals surface area (Å²) in [6.07, 6.45) is 5.08. The van der Waals surface area contributed by atoms with Crippen LogP contribution in [0, 0.1) is 11.8 Å². The van der Waals surface area contributed by atoms with Crippen LogP contribution in [0.25, 0.3) is 0 Å². The van der Waals surface area contributed by atoms with Crippen molar-refractivity contribution < 1.29 is 0 Å². The standard InChI is InChI=1S/C19H32N4S/c1-14(2)15(3)16-6-9-23(10-7-16)12-18-13-24-19(22-18)21-11-17-5-4-8-20-17/h13-14,16-17,20H,3-12H2,1-2H3,(H,21,22). The molecule has 2 N–H and O–H groups in total. The van der Waals surface area contributed by atoms with E-state index >= 15 is 0 Å². The molecule has 0 spiro atoms. The van der Waals surface area contributed by atoms with Gasteiger partial charge in [0.15, 0.2) is 5.13 Å². The molecular weight excluding hydrogens is 316 g/mol. The summed E-state index contributed by atoms with van der Waals surface area (Å²) in [5.74, 6) is 1.33. The van der Waals surface area contributed by atoms with Crippen LogP contribution in [0.2, 0.25) is 0 Å². The minimum Gasteiger partial charge on any atom is -0.360 e. The number of likely N-dealkylation sites (tertiary alicyclic amines) is 1. The smallest absolute Gasteiger partial charge is 0.182 e. The van der Waals surface area contributed by atoms with Crippen LogP contribution in [-0.4, -0.2) is 42.1 Å². The van der Waals surface area contributed by atoms with E-state index in [0.29, 0.717) is 17.9 Å². The van der Waals surface area contributed by atoms with Crippen molar-refractivity contribution in [3.8, 4) is 0 Å². The highest BCUT2D eigenvalue weighted by Crippen LogP contribution is 2.29. The van der Waals surface area contributed by atoms with E-state index in [4.69, 9.17) is 4.98 Å². The van der Waals surface area contributed by atoms with E-state index in [9.17, 15) is 0 Å². The highest BCUT2D eigenvalue weighted by molar-refractivity contribution is 7.13. The lowest BCUT2D eigenvalue weighted by Gasteiger charge is -2.33. The maximum absolute atomic E-state index is 4.77. The molecule has 1 aromatic heterocycles. The van der Waals surface area contributed by atoms with E-state index in [1.54, 1.807) is 11.3 Å². The predicted molar refractivity (Wildman–Crippen MR) is 104 cm³/mol. The monoisotopic (exact) mass is 348 g/mol. The number of anilines is 1. The van der Waals surface area contributed by atoms with Gasteiger partial charge >= 0.3 is 0 Å². The Morgan fingerprint density at radius 3 is 2.88 bits per heavy atom. The summed E-state index contributed by atoms with van der Waals surface area (Å²) in [6, 6.07) is 0.616. The molecule has 2 fully saturated rings. The maximum Gasteiger partial charge on any atom is 0.182 e. The molecule has 0 aromatic carbocycles. The van der Waals surface area contributed by atoms with Gasteiger partial charge in [0.05, 0.1) is 5.69 Å². The molecule has 5 heteroatoms. The number of nitrogens with zero attached hydrogens (tertiary/aromatic N) is 2. The fourth-order valence-corrected chi connectivity index (χ4v) is 4.48. The average molecular weight is 349 g/mol. The number of rotatable bonds is 7. The van der Waals surface area contributed by atoms with Gasteiger partial charge < -0.3 is 10.6 Å². The van der Waals surface area contributed by atoms with E-state index in [1.807, 2.05) is 0 Å². The van der Waals surface area contributed by atoms with Gasteiger partial charge in [-0.2, -0.15) is 0 Å². The van der Waals surface area contributed by atoms with E-state index in [1.165, 1.54) is 50.0 Å². The first kappa shape index (κ1) is 17.9. The van der Waals surface area contributed by atoms with Crippen LogP contribution in [0.15, 0.2) is 17.5 Å². The first-order chi connectivity index (χ1) is 11.6. The maximum atomic E-state index is 4.77. The van der Waals surface area contributed by atoms with Gasteiger partial charge in [-0.15, -0.1) is 11.3 Å². The van der Waals surface area contributed by atoms with Crippen molar-refractivity contribution >= 4 is 16.5 Å². The van der Waals surface area contributed by atoms with Crippen molar-refractivity contribution in [2.24, 2.45) is 11.8 Å². The van der Waals surface area contributed by atoms with Crippen LogP contribution in [0.4, 0.5) is 5.13 Å². The van der Waals surface area contributed by atoms with Crippen molar-refractivity contribution in [3.63, 3.8) is 0 Å². The molecule has 0 bridgehead atoms. The quantitative estimate of drug-likeness (QED) is 0.737. The van der Waals surface area contributed by atoms with Crippen molar-refractivity contribution in [1.82, 2.24) is 15.2 Å². The van der Waals surface area contributed by atoms with E-state index in [0.717, 1.165) is 24.8 Å². The van der Waals surface area contributed by atoms with Crippen molar-refractivity contribution in [3.05, 3.63) is 23.2 Å². The number of piperidine rings is 1. The molecule has 4 nitrogen and oxygen atoms in total. The summed E-state index contributed by atoms with van der Waals surface area (Å²) in [4.78, 5) is 7.31. The second-order valence-electron chi connectivity index (χ2n) is 7.60. The lowest BCUT2D eigenvalue weighted by molar-refractivity contribution is 0.186. The summed E-state index contributed by atoms with van der Waals surface area (Å²) >= 11 is 1.74. The fraction of sp³-hybridized carbons (Fsp3) is 0.737. The SMILES string of the molecule is C=C(C(C)C)C1CCN(Cc2csc(NCC3CCCN3)n2)CC1. The summed E-state index contributed by atoms with van der Waals surface area (Å²) in [7, 11) is 0. The molecule has 0 saturated carbocycles. The highest BCUT2D eigenvalue weighted by Gasteiger charge is 2.23. The first-order valence-electron chi connectivity index (χ1n) is 9.44. The molecule has 1 aromatic rings. The minimum atomic E-state index is 0.614. The Morgan fingerprint density at radius 1 is 1.42 bits per heavy atom. The van der Waals surface area contributed by atoms with Gasteiger partial charge in [0.25, 0.3) is 0 Å². The van der Waals surface area contributed by atoms with Gasteiger partial charge in [0, 0.05) is 24.5 Å². The van der Waals surface area contributed by atoms with Crippen LogP contribution in [-0.2, 0) is 6.54 Å². The zero-order valence-electron chi connectivity index (χ0n) is 15.2. The zero-order valence-corrected chi connectivity index (χ0v) is 16.0. The molecule has 2 aliphatic rings. The molecule has 1 unspecified atom stereocenters. The number of thiazole rings is 1. The van der Waals surface area contributed by atoms with Crippen LogP contribution in [0.5, 0.6) is 0 Å². The Kier molecular flexibility index (Phi) is 6.31. The van der Waals surface area contributed by atoms with Crippen LogP contribution >= 0.6 is 11.3 Å². The normalized spacial score (nSPS) is 23.0. The molecule has 3 heterocycles. The van der Waals surface area contributed by atoms with Gasteiger partial charge in [0.2, 0.25) is 0 Å². The Hall–Kier alpha value is -0.910. The Balaban J connectivity index is 1.41. The van der Waals surface area contributed by atoms with E-state index < -0.39 is 0 Å². The highest BCUT2D eigenvalue weighted by atomic mass is 32.1. The van der Waals surface area contributed by atoms with Gasteiger partial charge in [0.1, 0.15) is 0 Å². The van der Waals surface area contributed by atoms with Gasteiger partial charge in [-0.25, -0.2) is 4.98 Å². The Bertz CT molecular complexity index is 525. The van der Waals surface area contributed by atoms with Crippen LogP contribution in [0.3, 0.4) is 0 Å². The third-order valence-electron chi connectivity index (χ3n) is 5.45. The molecule has 0 aliphatic carbocycles. The average Bonchev–Trinajstić information content (AvgIpc) is 3.24. The lowest BCUT2D eigenvalue weighted by Crippen LogP contribution is -2.34. The van der Waals surface area contributed by atoms with E-state index in [2.05, 4.69) is 41.3 Å². The van der Waals surface area contributed by atoms with Crippen molar-refractivity contribution in [2.75, 3.05) is 31.5 Å². The molecule has 24 heavy (non-hydrogen) atoms. The van der Waals surface area contributed by atoms with E-state index in [-0.39, 0.29) is 0 Å². The fourth-order valence-electron chi connectivity index (χ4n) is 3.76. The third kappa shape index (κ3) is 4.80. The second-order valence-corrected chi connectivity index (χ2v) is 8.46. The topological polar surface area (TPSA) is 40.2 Å². The molecule has 0 radical (unpaired) electrons. The van der Waals surface area contributed by atoms with Crippen molar-refractivity contribution in [2.45, 2.75) is 52.1 Å². The summed E-state index contributed by atoms with van der Waals surface area (Å²) < 4.78 is 0. The Labute approximate surface area is 150 Å². The molecule has 2 saturated heterocycles. The zero-order chi connectivity index (χ0) is 16.9. The summed E-state index contributed by atoms with van der Waals surface area (Å²) in [5, 5.41) is 10.3. The van der Waals surface area contributed by atoms with Gasteiger partial charge in [-0.3, -0.25) is 4.90 Å². The van der Waals surface area contributed by atoms with Gasteiger partial charge in [-0.1, -0.05) is 26.0 Å². The summed E-state index contributed by atoms with van der Waals surface area (Å²) in [6.45, 7) is 14.3. The Morgan fingerprint density at radius 2 is 2.21 bits per heavy atom. The number of hydrogen-bond donors (Lipinski definition) is 2. The first-order valence-corrected chi connectivity index (χ1v) is 10.3. The molecule has 0 amide bonds. The minimum absolute atomic E-state index is 0.614. The summed E-state index contributed by atoms with van der Waals surface area (Å²) in [5.41, 5.74) is 2.65. The number of aromatic nitrogens is 1. The number of hydrogen-bond acceptors (Lipinski definition) is 5. The molecule has 3 rings (SSSR count). The number of nitrogens with one attached hydrogen (secondary N) is 2. The predicted octanol–water partition coefficient (Wildman–Crippen LogP) is 3.73. The molecule has 2 aliphatic heterocycles. The molecule has 134 valence electrons. The van der Waals surface area contributed by atoms with Crippen LogP contribution in [0.1, 0.15) is 45.2 Å². The second kappa shape index (κ2) is 8.45. The van der Waals surface area contributed by atoms with Crippen molar-refractivity contribution in [1.29, 1.82) is 0 Å². The third-order valence-corrected chi connectivity index (χ3v) is 6.30. The number of allylic oxidation sites excluding steroid dienone is 1. The largest absolute Gasteiger partial charge is 0.360 e. The molecular formula is C19H32N4S. The molecule has 1 atom stereocenters.